The summed E-state index contributed by atoms with van der Waals surface area (Å²) in [5.74, 6) is -0.179. The van der Waals surface area contributed by atoms with Crippen LogP contribution in [0, 0.1) is 5.82 Å². The van der Waals surface area contributed by atoms with Crippen molar-refractivity contribution < 1.29 is 13.6 Å². The molecule has 1 amide bonds. The fourth-order valence-corrected chi connectivity index (χ4v) is 5.04. The Balaban J connectivity index is 1.37. The fraction of sp³-hybridized carbons (Fsp3) is 0.125. The molecule has 0 saturated carbocycles. The molecule has 1 aromatic heterocycles. The Morgan fingerprint density at radius 1 is 0.947 bits per heavy atom. The molecule has 1 unspecified atom stereocenters. The Morgan fingerprint density at radius 2 is 1.71 bits per heavy atom. The monoisotopic (exact) mass is 503 g/mol. The first kappa shape index (κ1) is 23.7. The van der Waals surface area contributed by atoms with Gasteiger partial charge in [-0.25, -0.2) is 4.39 Å². The first-order chi connectivity index (χ1) is 18.6. The Hall–Kier alpha value is -4.71. The van der Waals surface area contributed by atoms with E-state index in [1.54, 1.807) is 19.2 Å². The number of hydrazone groups is 1. The maximum atomic E-state index is 13.5. The molecule has 38 heavy (non-hydrogen) atoms. The molecule has 6 heteroatoms. The van der Waals surface area contributed by atoms with Gasteiger partial charge in [0.2, 0.25) is 0 Å². The van der Waals surface area contributed by atoms with Crippen LogP contribution in [0.15, 0.2) is 107 Å². The van der Waals surface area contributed by atoms with Gasteiger partial charge in [-0.05, 0) is 64.7 Å². The highest BCUT2D eigenvalue weighted by molar-refractivity contribution is 6.11. The number of benzene rings is 4. The molecule has 4 aromatic carbocycles. The standard InChI is InChI=1S/C32H26FN3O2/c1-34-32(37)30-27-19-24(12-15-29(27)38-31(30)22-10-13-26(33)14-11-22)23-8-5-9-25(18-23)28-16-17-35-36(28)20-21-6-3-2-4-7-21/h2-15,17-19,28H,16,20H2,1H3,(H,34,37). The Labute approximate surface area is 220 Å². The SMILES string of the molecule is CNC(=O)c1c(-c2ccc(F)cc2)oc2ccc(-c3cccc(C4CC=NN4Cc4ccccc4)c3)cc12. The van der Waals surface area contributed by atoms with E-state index >= 15 is 0 Å². The Morgan fingerprint density at radius 3 is 2.50 bits per heavy atom. The summed E-state index contributed by atoms with van der Waals surface area (Å²) >= 11 is 0. The predicted molar refractivity (Wildman–Crippen MR) is 148 cm³/mol. The number of carbonyl (C=O) groups is 1. The second-order valence-electron chi connectivity index (χ2n) is 9.36. The van der Waals surface area contributed by atoms with Gasteiger partial charge in [0.05, 0.1) is 18.2 Å². The van der Waals surface area contributed by atoms with Gasteiger partial charge in [0.25, 0.3) is 5.91 Å². The molecule has 1 aliphatic rings. The van der Waals surface area contributed by atoms with Gasteiger partial charge in [-0.1, -0.05) is 54.6 Å². The minimum atomic E-state index is -0.344. The molecular weight excluding hydrogens is 477 g/mol. The van der Waals surface area contributed by atoms with E-state index in [1.807, 2.05) is 42.6 Å². The summed E-state index contributed by atoms with van der Waals surface area (Å²) < 4.78 is 19.6. The summed E-state index contributed by atoms with van der Waals surface area (Å²) in [4.78, 5) is 12.9. The zero-order valence-electron chi connectivity index (χ0n) is 20.9. The lowest BCUT2D eigenvalue weighted by Crippen LogP contribution is -2.19. The number of rotatable bonds is 6. The van der Waals surface area contributed by atoms with E-state index in [-0.39, 0.29) is 17.8 Å². The van der Waals surface area contributed by atoms with Gasteiger partial charge < -0.3 is 9.73 Å². The Bertz CT molecular complexity index is 1640. The van der Waals surface area contributed by atoms with Crippen molar-refractivity contribution in [3.05, 3.63) is 120 Å². The average Bonchev–Trinajstić information content (AvgIpc) is 3.58. The normalized spacial score (nSPS) is 14.8. The summed E-state index contributed by atoms with van der Waals surface area (Å²) in [5.41, 5.74) is 6.10. The predicted octanol–water partition coefficient (Wildman–Crippen LogP) is 7.20. The number of hydrogen-bond acceptors (Lipinski definition) is 4. The van der Waals surface area contributed by atoms with E-state index in [0.29, 0.717) is 27.9 Å². The highest BCUT2D eigenvalue weighted by atomic mass is 19.1. The van der Waals surface area contributed by atoms with Crippen molar-refractivity contribution in [1.29, 1.82) is 0 Å². The first-order valence-corrected chi connectivity index (χ1v) is 12.6. The molecular formula is C32H26FN3O2. The number of furan rings is 1. The molecule has 2 heterocycles. The third kappa shape index (κ3) is 4.45. The van der Waals surface area contributed by atoms with Gasteiger partial charge >= 0.3 is 0 Å². The number of halogens is 1. The average molecular weight is 504 g/mol. The molecule has 1 aliphatic heterocycles. The van der Waals surface area contributed by atoms with Gasteiger partial charge in [-0.15, -0.1) is 0 Å². The van der Waals surface area contributed by atoms with Gasteiger partial charge in [0.1, 0.15) is 17.2 Å². The maximum Gasteiger partial charge on any atom is 0.255 e. The van der Waals surface area contributed by atoms with Gasteiger partial charge in [-0.2, -0.15) is 5.10 Å². The zero-order valence-corrected chi connectivity index (χ0v) is 20.9. The van der Waals surface area contributed by atoms with Crippen molar-refractivity contribution in [1.82, 2.24) is 10.3 Å². The lowest BCUT2D eigenvalue weighted by Gasteiger charge is -2.24. The van der Waals surface area contributed by atoms with Crippen molar-refractivity contribution in [3.63, 3.8) is 0 Å². The second kappa shape index (κ2) is 9.98. The van der Waals surface area contributed by atoms with Crippen LogP contribution < -0.4 is 5.32 Å². The highest BCUT2D eigenvalue weighted by Gasteiger charge is 2.24. The number of nitrogens with zero attached hydrogens (tertiary/aromatic N) is 2. The van der Waals surface area contributed by atoms with Crippen molar-refractivity contribution >= 4 is 23.1 Å². The summed E-state index contributed by atoms with van der Waals surface area (Å²) in [6.07, 6.45) is 2.82. The summed E-state index contributed by atoms with van der Waals surface area (Å²) in [7, 11) is 1.59. The number of hydrogen-bond donors (Lipinski definition) is 1. The molecule has 0 aliphatic carbocycles. The maximum absolute atomic E-state index is 13.5. The number of nitrogens with one attached hydrogen (secondary N) is 1. The first-order valence-electron chi connectivity index (χ1n) is 12.6. The molecule has 1 atom stereocenters. The van der Waals surface area contributed by atoms with Crippen LogP contribution in [0.5, 0.6) is 0 Å². The largest absolute Gasteiger partial charge is 0.455 e. The van der Waals surface area contributed by atoms with Crippen LogP contribution >= 0.6 is 0 Å². The van der Waals surface area contributed by atoms with Crippen LogP contribution in [0.2, 0.25) is 0 Å². The number of carbonyl (C=O) groups excluding carboxylic acids is 1. The molecule has 0 fully saturated rings. The zero-order chi connectivity index (χ0) is 26.1. The van der Waals surface area contributed by atoms with E-state index in [9.17, 15) is 9.18 Å². The van der Waals surface area contributed by atoms with E-state index < -0.39 is 0 Å². The van der Waals surface area contributed by atoms with E-state index in [2.05, 4.69) is 51.8 Å². The van der Waals surface area contributed by atoms with E-state index in [0.717, 1.165) is 24.1 Å². The molecule has 5 nitrogen and oxygen atoms in total. The molecule has 0 saturated heterocycles. The second-order valence-corrected chi connectivity index (χ2v) is 9.36. The van der Waals surface area contributed by atoms with Crippen LogP contribution in [-0.2, 0) is 6.54 Å². The highest BCUT2D eigenvalue weighted by Crippen LogP contribution is 2.37. The summed E-state index contributed by atoms with van der Waals surface area (Å²) in [6, 6.07) is 30.8. The van der Waals surface area contributed by atoms with Gasteiger partial charge in [-0.3, -0.25) is 9.80 Å². The quantitative estimate of drug-likeness (QED) is 0.267. The lowest BCUT2D eigenvalue weighted by atomic mass is 9.96. The van der Waals surface area contributed by atoms with Crippen LogP contribution in [0.4, 0.5) is 4.39 Å². The third-order valence-electron chi connectivity index (χ3n) is 6.96. The minimum absolute atomic E-state index is 0.152. The lowest BCUT2D eigenvalue weighted by molar-refractivity contribution is 0.0964. The molecule has 0 spiro atoms. The fourth-order valence-electron chi connectivity index (χ4n) is 5.04. The molecule has 0 bridgehead atoms. The number of amides is 1. The van der Waals surface area contributed by atoms with E-state index in [4.69, 9.17) is 4.42 Å². The summed E-state index contributed by atoms with van der Waals surface area (Å²) in [5, 5.41) is 10.2. The topological polar surface area (TPSA) is 57.8 Å². The van der Waals surface area contributed by atoms with Gasteiger partial charge in [0, 0.05) is 30.6 Å². The molecule has 5 aromatic rings. The third-order valence-corrected chi connectivity index (χ3v) is 6.96. The van der Waals surface area contributed by atoms with Crippen molar-refractivity contribution in [3.8, 4) is 22.5 Å². The van der Waals surface area contributed by atoms with Crippen LogP contribution in [0.1, 0.15) is 33.9 Å². The molecule has 6 rings (SSSR count). The van der Waals surface area contributed by atoms with Crippen molar-refractivity contribution in [2.45, 2.75) is 19.0 Å². The number of fused-ring (bicyclic) bond motifs is 1. The molecule has 0 radical (unpaired) electrons. The van der Waals surface area contributed by atoms with Crippen LogP contribution in [-0.4, -0.2) is 24.2 Å². The van der Waals surface area contributed by atoms with Crippen LogP contribution in [0.25, 0.3) is 33.4 Å². The van der Waals surface area contributed by atoms with Crippen molar-refractivity contribution in [2.24, 2.45) is 5.10 Å². The van der Waals surface area contributed by atoms with Gasteiger partial charge in [0.15, 0.2) is 0 Å². The smallest absolute Gasteiger partial charge is 0.255 e. The molecule has 1 N–H and O–H groups in total. The Kier molecular flexibility index (Phi) is 6.22. The van der Waals surface area contributed by atoms with Crippen LogP contribution in [0.3, 0.4) is 0 Å². The minimum Gasteiger partial charge on any atom is -0.455 e. The van der Waals surface area contributed by atoms with Crippen molar-refractivity contribution in [2.75, 3.05) is 7.05 Å². The molecule has 188 valence electrons. The van der Waals surface area contributed by atoms with E-state index in [1.165, 1.54) is 23.3 Å². The summed E-state index contributed by atoms with van der Waals surface area (Å²) in [6.45, 7) is 0.745.